The van der Waals surface area contributed by atoms with Crippen LogP contribution in [0, 0.1) is 0 Å². The van der Waals surface area contributed by atoms with Gasteiger partial charge < -0.3 is 4.74 Å². The van der Waals surface area contributed by atoms with Crippen molar-refractivity contribution >= 4 is 27.5 Å². The third-order valence-corrected chi connectivity index (χ3v) is 3.01. The molecule has 90 valence electrons. The van der Waals surface area contributed by atoms with Crippen molar-refractivity contribution in [3.63, 3.8) is 0 Å². The fourth-order valence-electron chi connectivity index (χ4n) is 1.15. The second-order valence-electron chi connectivity index (χ2n) is 3.02. The topological polar surface area (TPSA) is 9.23 Å². The molecular formula is C10H9BrClF3O. The van der Waals surface area contributed by atoms with Crippen molar-refractivity contribution < 1.29 is 17.9 Å². The SMILES string of the molecule is CCOc1ccc(C(Cl)C(F)(F)F)c(Br)c1. The summed E-state index contributed by atoms with van der Waals surface area (Å²) in [4.78, 5) is 0. The summed E-state index contributed by atoms with van der Waals surface area (Å²) < 4.78 is 42.6. The maximum Gasteiger partial charge on any atom is 0.408 e. The van der Waals surface area contributed by atoms with Crippen LogP contribution in [0.5, 0.6) is 5.75 Å². The minimum Gasteiger partial charge on any atom is -0.494 e. The van der Waals surface area contributed by atoms with Crippen LogP contribution >= 0.6 is 27.5 Å². The van der Waals surface area contributed by atoms with Gasteiger partial charge in [-0.3, -0.25) is 0 Å². The molecule has 0 aliphatic heterocycles. The van der Waals surface area contributed by atoms with Crippen LogP contribution < -0.4 is 4.74 Å². The van der Waals surface area contributed by atoms with Gasteiger partial charge in [0.25, 0.3) is 0 Å². The first-order chi connectivity index (χ1) is 7.36. The number of ether oxygens (including phenoxy) is 1. The summed E-state index contributed by atoms with van der Waals surface area (Å²) in [6.45, 7) is 2.25. The van der Waals surface area contributed by atoms with E-state index in [2.05, 4.69) is 15.9 Å². The van der Waals surface area contributed by atoms with Crippen LogP contribution in [0.4, 0.5) is 13.2 Å². The van der Waals surface area contributed by atoms with E-state index in [4.69, 9.17) is 16.3 Å². The van der Waals surface area contributed by atoms with Gasteiger partial charge in [0, 0.05) is 4.47 Å². The van der Waals surface area contributed by atoms with Gasteiger partial charge in [-0.1, -0.05) is 22.0 Å². The maximum absolute atomic E-state index is 12.4. The molecular weight excluding hydrogens is 308 g/mol. The number of halogens is 5. The Kier molecular flexibility index (Phi) is 4.50. The zero-order valence-electron chi connectivity index (χ0n) is 8.31. The first-order valence-electron chi connectivity index (χ1n) is 4.49. The largest absolute Gasteiger partial charge is 0.494 e. The molecule has 0 bridgehead atoms. The highest BCUT2D eigenvalue weighted by molar-refractivity contribution is 9.10. The van der Waals surface area contributed by atoms with Crippen molar-refractivity contribution in [2.45, 2.75) is 18.5 Å². The first kappa shape index (κ1) is 13.6. The number of benzene rings is 1. The molecule has 0 spiro atoms. The molecule has 1 unspecified atom stereocenters. The second kappa shape index (κ2) is 5.27. The molecule has 1 rings (SSSR count). The van der Waals surface area contributed by atoms with E-state index < -0.39 is 11.6 Å². The van der Waals surface area contributed by atoms with Gasteiger partial charge in [0.05, 0.1) is 6.61 Å². The Morgan fingerprint density at radius 3 is 2.50 bits per heavy atom. The lowest BCUT2D eigenvalue weighted by Gasteiger charge is -2.16. The van der Waals surface area contributed by atoms with E-state index in [1.807, 2.05) is 0 Å². The third-order valence-electron chi connectivity index (χ3n) is 1.84. The van der Waals surface area contributed by atoms with Gasteiger partial charge in [-0.05, 0) is 24.6 Å². The number of alkyl halides is 4. The van der Waals surface area contributed by atoms with Gasteiger partial charge in [0.15, 0.2) is 5.38 Å². The van der Waals surface area contributed by atoms with Gasteiger partial charge >= 0.3 is 6.18 Å². The molecule has 0 aromatic heterocycles. The summed E-state index contributed by atoms with van der Waals surface area (Å²) in [5, 5.41) is -2.02. The molecule has 0 radical (unpaired) electrons. The van der Waals surface area contributed by atoms with E-state index in [0.717, 1.165) is 0 Å². The highest BCUT2D eigenvalue weighted by atomic mass is 79.9. The van der Waals surface area contributed by atoms with E-state index >= 15 is 0 Å². The van der Waals surface area contributed by atoms with E-state index in [-0.39, 0.29) is 10.0 Å². The number of rotatable bonds is 3. The Morgan fingerprint density at radius 2 is 2.06 bits per heavy atom. The van der Waals surface area contributed by atoms with Crippen LogP contribution in [-0.4, -0.2) is 12.8 Å². The van der Waals surface area contributed by atoms with E-state index in [1.54, 1.807) is 6.92 Å². The molecule has 0 saturated heterocycles. The van der Waals surface area contributed by atoms with Gasteiger partial charge in [-0.15, -0.1) is 11.6 Å². The molecule has 0 N–H and O–H groups in total. The Balaban J connectivity index is 2.99. The fraction of sp³-hybridized carbons (Fsp3) is 0.400. The minimum absolute atomic E-state index is 0.0161. The first-order valence-corrected chi connectivity index (χ1v) is 5.72. The highest BCUT2D eigenvalue weighted by Crippen LogP contribution is 2.41. The molecule has 0 fully saturated rings. The van der Waals surface area contributed by atoms with Gasteiger partial charge in [-0.2, -0.15) is 13.2 Å². The van der Waals surface area contributed by atoms with Gasteiger partial charge in [0.1, 0.15) is 5.75 Å². The zero-order valence-corrected chi connectivity index (χ0v) is 10.7. The standard InChI is InChI=1S/C10H9BrClF3O/c1-2-16-6-3-4-7(8(11)5-6)9(12)10(13,14)15/h3-5,9H,2H2,1H3. The van der Waals surface area contributed by atoms with Crippen LogP contribution in [0.2, 0.25) is 0 Å². The van der Waals surface area contributed by atoms with Crippen molar-refractivity contribution in [1.29, 1.82) is 0 Å². The van der Waals surface area contributed by atoms with Gasteiger partial charge in [0.2, 0.25) is 0 Å². The normalized spacial score (nSPS) is 13.6. The number of hydrogen-bond acceptors (Lipinski definition) is 1. The highest BCUT2D eigenvalue weighted by Gasteiger charge is 2.40. The summed E-state index contributed by atoms with van der Waals surface area (Å²) in [7, 11) is 0. The summed E-state index contributed by atoms with van der Waals surface area (Å²) in [5.74, 6) is 0.504. The lowest BCUT2D eigenvalue weighted by molar-refractivity contribution is -0.131. The Bertz CT molecular complexity index is 368. The van der Waals surface area contributed by atoms with E-state index in [1.165, 1.54) is 18.2 Å². The quantitative estimate of drug-likeness (QED) is 0.735. The second-order valence-corrected chi connectivity index (χ2v) is 4.31. The smallest absolute Gasteiger partial charge is 0.408 e. The molecule has 0 aliphatic carbocycles. The summed E-state index contributed by atoms with van der Waals surface area (Å²) in [6.07, 6.45) is -4.46. The van der Waals surface area contributed by atoms with Crippen molar-refractivity contribution in [2.24, 2.45) is 0 Å². The molecule has 0 saturated carbocycles. The molecule has 0 heterocycles. The Hall–Kier alpha value is -0.420. The molecule has 0 amide bonds. The van der Waals surface area contributed by atoms with Crippen LogP contribution in [0.15, 0.2) is 22.7 Å². The van der Waals surface area contributed by atoms with Crippen molar-refractivity contribution in [1.82, 2.24) is 0 Å². The van der Waals surface area contributed by atoms with Crippen molar-refractivity contribution in [3.8, 4) is 5.75 Å². The molecule has 16 heavy (non-hydrogen) atoms. The van der Waals surface area contributed by atoms with Gasteiger partial charge in [-0.25, -0.2) is 0 Å². The van der Waals surface area contributed by atoms with Crippen molar-refractivity contribution in [3.05, 3.63) is 28.2 Å². The Morgan fingerprint density at radius 1 is 1.44 bits per heavy atom. The van der Waals surface area contributed by atoms with Crippen LogP contribution in [0.25, 0.3) is 0 Å². The van der Waals surface area contributed by atoms with E-state index in [0.29, 0.717) is 12.4 Å². The summed E-state index contributed by atoms with van der Waals surface area (Å²) in [5.41, 5.74) is -0.0161. The van der Waals surface area contributed by atoms with E-state index in [9.17, 15) is 13.2 Å². The number of hydrogen-bond donors (Lipinski definition) is 0. The lowest BCUT2D eigenvalue weighted by Crippen LogP contribution is -2.16. The predicted molar refractivity (Wildman–Crippen MR) is 60.0 cm³/mol. The lowest BCUT2D eigenvalue weighted by atomic mass is 10.1. The fourth-order valence-corrected chi connectivity index (χ4v) is 2.05. The average Bonchev–Trinajstić information content (AvgIpc) is 2.16. The molecule has 6 heteroatoms. The molecule has 0 aliphatic rings. The molecule has 1 nitrogen and oxygen atoms in total. The van der Waals surface area contributed by atoms with Crippen LogP contribution in [0.3, 0.4) is 0 Å². The summed E-state index contributed by atoms with van der Waals surface area (Å²) in [6, 6.07) is 4.24. The van der Waals surface area contributed by atoms with Crippen LogP contribution in [0.1, 0.15) is 17.9 Å². The zero-order chi connectivity index (χ0) is 12.3. The van der Waals surface area contributed by atoms with Crippen molar-refractivity contribution in [2.75, 3.05) is 6.61 Å². The third kappa shape index (κ3) is 3.28. The average molecular weight is 318 g/mol. The molecule has 1 aromatic carbocycles. The predicted octanol–water partition coefficient (Wildman–Crippen LogP) is 4.69. The Labute approximate surface area is 105 Å². The monoisotopic (exact) mass is 316 g/mol. The van der Waals surface area contributed by atoms with Crippen LogP contribution in [-0.2, 0) is 0 Å². The summed E-state index contributed by atoms with van der Waals surface area (Å²) >= 11 is 8.37. The maximum atomic E-state index is 12.4. The molecule has 1 atom stereocenters. The molecule has 1 aromatic rings. The minimum atomic E-state index is -4.46.